The van der Waals surface area contributed by atoms with Gasteiger partial charge in [-0.05, 0) is 135 Å². The normalized spacial score (nSPS) is 16.0. The van der Waals surface area contributed by atoms with Crippen LogP contribution in [0.4, 0.5) is 0 Å². The molecular weight excluding hydrogens is 652 g/mol. The number of unbranched alkanes of at least 4 members (excludes halogenated alkanes) is 2. The quantitative estimate of drug-likeness (QED) is 0.0670. The number of carbonyl (C=O) groups excluding carboxylic acids is 2. The Bertz CT molecular complexity index is 1410. The van der Waals surface area contributed by atoms with Crippen LogP contribution in [-0.2, 0) is 38.3 Å². The lowest BCUT2D eigenvalue weighted by molar-refractivity contribution is -0.139. The first-order valence-electron chi connectivity index (χ1n) is 19.7. The number of carbonyl (C=O) groups is 2. The summed E-state index contributed by atoms with van der Waals surface area (Å²) in [4.78, 5) is 24.2. The van der Waals surface area contributed by atoms with Gasteiger partial charge in [0.2, 0.25) is 0 Å². The maximum atomic E-state index is 12.1. The fraction of sp³-hybridized carbons (Fsp3) is 0.600. The summed E-state index contributed by atoms with van der Waals surface area (Å²) in [6.07, 6.45) is 14.3. The van der Waals surface area contributed by atoms with Crippen molar-refractivity contribution >= 4 is 11.9 Å². The van der Waals surface area contributed by atoms with Crippen molar-refractivity contribution in [1.82, 2.24) is 0 Å². The largest absolute Gasteiger partial charge is 0.493 e. The van der Waals surface area contributed by atoms with Crippen molar-refractivity contribution < 1.29 is 34.0 Å². The molecule has 52 heavy (non-hydrogen) atoms. The van der Waals surface area contributed by atoms with Crippen molar-refractivity contribution in [2.45, 2.75) is 130 Å². The average molecular weight is 719 g/mol. The molecule has 1 aliphatic carbocycles. The molecule has 0 amide bonds. The van der Waals surface area contributed by atoms with E-state index in [-0.39, 0.29) is 26.4 Å². The summed E-state index contributed by atoms with van der Waals surface area (Å²) in [5.41, 5.74) is 7.14. The van der Waals surface area contributed by atoms with E-state index in [2.05, 4.69) is 57.3 Å². The molecule has 0 bridgehead atoms. The van der Waals surface area contributed by atoms with Crippen molar-refractivity contribution in [3.63, 3.8) is 0 Å². The topological polar surface area (TPSA) is 102 Å². The number of aliphatic hydroxyl groups is 2. The van der Waals surface area contributed by atoms with E-state index >= 15 is 0 Å². The van der Waals surface area contributed by atoms with Crippen LogP contribution in [-0.4, -0.2) is 55.2 Å². The third-order valence-electron chi connectivity index (χ3n) is 10.7. The van der Waals surface area contributed by atoms with Crippen molar-refractivity contribution in [2.24, 2.45) is 11.3 Å². The molecule has 0 aromatic heterocycles. The molecule has 1 fully saturated rings. The molecule has 1 saturated carbocycles. The van der Waals surface area contributed by atoms with Crippen LogP contribution in [0.2, 0.25) is 0 Å². The molecule has 0 spiro atoms. The highest BCUT2D eigenvalue weighted by Crippen LogP contribution is 2.40. The van der Waals surface area contributed by atoms with Crippen LogP contribution in [0.3, 0.4) is 0 Å². The Morgan fingerprint density at radius 2 is 1.37 bits per heavy atom. The third kappa shape index (κ3) is 13.2. The van der Waals surface area contributed by atoms with E-state index in [9.17, 15) is 19.8 Å². The smallest absolute Gasteiger partial charge is 0.333 e. The fourth-order valence-electron chi connectivity index (χ4n) is 7.08. The Morgan fingerprint density at radius 3 is 1.87 bits per heavy atom. The summed E-state index contributed by atoms with van der Waals surface area (Å²) >= 11 is 0. The van der Waals surface area contributed by atoms with Gasteiger partial charge in [-0.3, -0.25) is 0 Å². The monoisotopic (exact) mass is 718 g/mol. The first-order chi connectivity index (χ1) is 24.9. The van der Waals surface area contributed by atoms with Crippen LogP contribution in [0.5, 0.6) is 5.75 Å². The summed E-state index contributed by atoms with van der Waals surface area (Å²) in [6.45, 7) is 17.5. The predicted octanol–water partition coefficient (Wildman–Crippen LogP) is 9.63. The van der Waals surface area contributed by atoms with Gasteiger partial charge >= 0.3 is 11.9 Å². The maximum absolute atomic E-state index is 12.1. The zero-order valence-electron chi connectivity index (χ0n) is 32.8. The Balaban J connectivity index is 1.96. The van der Waals surface area contributed by atoms with E-state index in [1.165, 1.54) is 68.1 Å². The third-order valence-corrected chi connectivity index (χ3v) is 10.7. The van der Waals surface area contributed by atoms with E-state index in [0.717, 1.165) is 34.8 Å². The number of esters is 2. The molecule has 2 N–H and O–H groups in total. The van der Waals surface area contributed by atoms with E-state index in [4.69, 9.17) is 14.2 Å². The second-order valence-corrected chi connectivity index (χ2v) is 15.4. The minimum atomic E-state index is -0.667. The van der Waals surface area contributed by atoms with E-state index in [0.29, 0.717) is 55.8 Å². The maximum Gasteiger partial charge on any atom is 0.333 e. The molecule has 0 unspecified atom stereocenters. The zero-order valence-corrected chi connectivity index (χ0v) is 32.8. The summed E-state index contributed by atoms with van der Waals surface area (Å²) in [6, 6.07) is 11.5. The lowest BCUT2D eigenvalue weighted by atomic mass is 9.76. The zero-order chi connectivity index (χ0) is 38.1. The summed E-state index contributed by atoms with van der Waals surface area (Å²) in [7, 11) is 0. The van der Waals surface area contributed by atoms with Gasteiger partial charge in [-0.1, -0.05) is 77.8 Å². The molecule has 2 aromatic carbocycles. The SMILES string of the molecule is C=C(C)C(=O)OCCCc1cc(-c2ccc(C3CCC(CCCCC)CC3)cc2CC)cc(CCCOC(=O)C(=C)C)c1OCCC(C)(CO)CO. The number of benzene rings is 2. The molecule has 7 nitrogen and oxygen atoms in total. The standard InChI is InChI=1S/C45H66O7/c1-8-10-11-14-34-17-19-36(20-18-34)37-21-22-41(35(9-2)27-37)40-28-38(15-12-24-51-43(48)32(3)4)42(50-26-23-45(7,30-46)31-47)39(29-40)16-13-25-52-44(49)33(5)6/h21-22,27-29,34,36,46-47H,3,5,8-20,23-26,30-31H2,1-2,4,6-7H3. The Labute approximate surface area is 313 Å². The van der Waals surface area contributed by atoms with Gasteiger partial charge in [0, 0.05) is 16.6 Å². The van der Waals surface area contributed by atoms with Crippen molar-refractivity contribution in [3.8, 4) is 16.9 Å². The molecule has 0 atom stereocenters. The van der Waals surface area contributed by atoms with Crippen molar-refractivity contribution in [2.75, 3.05) is 33.0 Å². The first kappa shape index (κ1) is 43.0. The van der Waals surface area contributed by atoms with Gasteiger partial charge in [-0.15, -0.1) is 0 Å². The van der Waals surface area contributed by atoms with Gasteiger partial charge in [0.25, 0.3) is 0 Å². The highest BCUT2D eigenvalue weighted by Gasteiger charge is 2.25. The predicted molar refractivity (Wildman–Crippen MR) is 211 cm³/mol. The molecule has 0 radical (unpaired) electrons. The van der Waals surface area contributed by atoms with E-state index in [1.54, 1.807) is 13.8 Å². The van der Waals surface area contributed by atoms with E-state index in [1.807, 2.05) is 6.92 Å². The number of aryl methyl sites for hydroxylation is 3. The second-order valence-electron chi connectivity index (χ2n) is 15.4. The highest BCUT2D eigenvalue weighted by molar-refractivity contribution is 5.87. The van der Waals surface area contributed by atoms with Gasteiger partial charge in [0.15, 0.2) is 0 Å². The molecule has 0 heterocycles. The molecule has 2 aromatic rings. The molecule has 288 valence electrons. The number of rotatable bonds is 23. The summed E-state index contributed by atoms with van der Waals surface area (Å²) < 4.78 is 17.4. The van der Waals surface area contributed by atoms with Crippen molar-refractivity contribution in [3.05, 3.63) is 76.9 Å². The van der Waals surface area contributed by atoms with Crippen LogP contribution in [0, 0.1) is 11.3 Å². The molecule has 1 aliphatic rings. The van der Waals surface area contributed by atoms with Crippen molar-refractivity contribution in [1.29, 1.82) is 0 Å². The van der Waals surface area contributed by atoms with Gasteiger partial charge in [-0.2, -0.15) is 0 Å². The molecule has 0 aliphatic heterocycles. The minimum absolute atomic E-state index is 0.149. The van der Waals surface area contributed by atoms with Crippen LogP contribution in [0.1, 0.15) is 133 Å². The van der Waals surface area contributed by atoms with E-state index < -0.39 is 17.4 Å². The van der Waals surface area contributed by atoms with Gasteiger partial charge in [0.1, 0.15) is 5.75 Å². The number of hydrogen-bond donors (Lipinski definition) is 2. The molecular formula is C45H66O7. The number of ether oxygens (including phenoxy) is 3. The van der Waals surface area contributed by atoms with Crippen LogP contribution in [0.15, 0.2) is 54.6 Å². The average Bonchev–Trinajstić information content (AvgIpc) is 3.15. The Hall–Kier alpha value is -3.42. The molecule has 7 heteroatoms. The number of hydrogen-bond acceptors (Lipinski definition) is 7. The van der Waals surface area contributed by atoms with Crippen LogP contribution < -0.4 is 4.74 Å². The second kappa shape index (κ2) is 21.9. The fourth-order valence-corrected chi connectivity index (χ4v) is 7.08. The van der Waals surface area contributed by atoms with Crippen LogP contribution in [0.25, 0.3) is 11.1 Å². The lowest BCUT2D eigenvalue weighted by Crippen LogP contribution is -2.28. The lowest BCUT2D eigenvalue weighted by Gasteiger charge is -2.29. The molecule has 0 saturated heterocycles. The first-order valence-corrected chi connectivity index (χ1v) is 19.7. The summed E-state index contributed by atoms with van der Waals surface area (Å²) in [5.74, 6) is 1.43. The van der Waals surface area contributed by atoms with Gasteiger partial charge in [0.05, 0.1) is 33.0 Å². The number of aliphatic hydroxyl groups excluding tert-OH is 2. The van der Waals surface area contributed by atoms with Gasteiger partial charge in [-0.25, -0.2) is 9.59 Å². The van der Waals surface area contributed by atoms with Gasteiger partial charge < -0.3 is 24.4 Å². The minimum Gasteiger partial charge on any atom is -0.493 e. The summed E-state index contributed by atoms with van der Waals surface area (Å²) in [5, 5.41) is 19.8. The Morgan fingerprint density at radius 1 is 0.788 bits per heavy atom. The van der Waals surface area contributed by atoms with Crippen LogP contribution >= 0.6 is 0 Å². The highest BCUT2D eigenvalue weighted by atomic mass is 16.5. The Kier molecular flexibility index (Phi) is 18.1. The molecule has 3 rings (SSSR count).